The Hall–Kier alpha value is -3.04. The van der Waals surface area contributed by atoms with Gasteiger partial charge >= 0.3 is 0 Å². The Morgan fingerprint density at radius 2 is 1.96 bits per heavy atom. The van der Waals surface area contributed by atoms with Crippen LogP contribution in [-0.2, 0) is 11.3 Å². The number of aryl methyl sites for hydroxylation is 1. The zero-order chi connectivity index (χ0) is 19.1. The highest BCUT2D eigenvalue weighted by Crippen LogP contribution is 2.46. The second-order valence-electron chi connectivity index (χ2n) is 6.44. The lowest BCUT2D eigenvalue weighted by molar-refractivity contribution is 0.204. The average molecular weight is 391 g/mol. The fraction of sp³-hybridized carbons (Fsp3) is 0.211. The molecule has 0 unspecified atom stereocenters. The summed E-state index contributed by atoms with van der Waals surface area (Å²) in [4.78, 5) is 25.1. The van der Waals surface area contributed by atoms with Gasteiger partial charge in [-0.3, -0.25) is 4.90 Å². The van der Waals surface area contributed by atoms with Crippen molar-refractivity contribution < 1.29 is 4.74 Å². The van der Waals surface area contributed by atoms with Crippen LogP contribution in [0.15, 0.2) is 53.2 Å². The van der Waals surface area contributed by atoms with Crippen molar-refractivity contribution >= 4 is 34.4 Å². The van der Waals surface area contributed by atoms with E-state index < -0.39 is 0 Å². The van der Waals surface area contributed by atoms with Crippen LogP contribution in [0.3, 0.4) is 0 Å². The normalized spacial score (nSPS) is 12.9. The quantitative estimate of drug-likeness (QED) is 0.525. The van der Waals surface area contributed by atoms with E-state index in [0.717, 1.165) is 38.2 Å². The fourth-order valence-corrected chi connectivity index (χ4v) is 4.38. The van der Waals surface area contributed by atoms with Crippen molar-refractivity contribution in [3.63, 3.8) is 0 Å². The van der Waals surface area contributed by atoms with Crippen LogP contribution in [0.25, 0.3) is 11.2 Å². The van der Waals surface area contributed by atoms with Crippen molar-refractivity contribution in [1.82, 2.24) is 29.5 Å². The van der Waals surface area contributed by atoms with Gasteiger partial charge in [0.05, 0.1) is 17.7 Å². The smallest absolute Gasteiger partial charge is 0.181 e. The van der Waals surface area contributed by atoms with Crippen molar-refractivity contribution in [2.45, 2.75) is 23.4 Å². The first-order valence-electron chi connectivity index (χ1n) is 8.75. The molecule has 0 saturated carbocycles. The van der Waals surface area contributed by atoms with Gasteiger partial charge in [0.2, 0.25) is 0 Å². The molecule has 0 aliphatic carbocycles. The molecule has 0 N–H and O–H groups in total. The van der Waals surface area contributed by atoms with Crippen molar-refractivity contribution in [2.75, 3.05) is 18.7 Å². The maximum atomic E-state index is 5.43. The van der Waals surface area contributed by atoms with E-state index in [0.29, 0.717) is 18.9 Å². The van der Waals surface area contributed by atoms with Gasteiger partial charge in [0.25, 0.3) is 0 Å². The number of aromatic nitrogens is 6. The van der Waals surface area contributed by atoms with Gasteiger partial charge in [0, 0.05) is 30.9 Å². The van der Waals surface area contributed by atoms with E-state index in [1.807, 2.05) is 13.3 Å². The van der Waals surface area contributed by atoms with E-state index in [-0.39, 0.29) is 0 Å². The zero-order valence-electron chi connectivity index (χ0n) is 15.4. The van der Waals surface area contributed by atoms with Crippen LogP contribution >= 0.6 is 11.8 Å². The third-order valence-corrected chi connectivity index (χ3v) is 5.67. The number of ether oxygens (including phenoxy) is 1. The summed E-state index contributed by atoms with van der Waals surface area (Å²) in [7, 11) is 1.68. The minimum absolute atomic E-state index is 0.406. The predicted octanol–water partition coefficient (Wildman–Crippen LogP) is 3.18. The Labute approximate surface area is 165 Å². The molecule has 9 heteroatoms. The molecule has 4 heterocycles. The monoisotopic (exact) mass is 391 g/mol. The number of rotatable bonds is 4. The number of methoxy groups -OCH3 is 1. The molecule has 0 amide bonds. The second kappa shape index (κ2) is 6.84. The van der Waals surface area contributed by atoms with Crippen molar-refractivity contribution in [3.05, 3.63) is 54.5 Å². The van der Waals surface area contributed by atoms with Gasteiger partial charge in [0.15, 0.2) is 11.5 Å². The van der Waals surface area contributed by atoms with E-state index in [2.05, 4.69) is 52.6 Å². The van der Waals surface area contributed by atoms with E-state index in [1.165, 1.54) is 0 Å². The Balaban J connectivity index is 1.55. The molecule has 0 atom stereocenters. The van der Waals surface area contributed by atoms with Crippen LogP contribution in [0.4, 0.5) is 11.5 Å². The fourth-order valence-electron chi connectivity index (χ4n) is 3.40. The number of benzene rings is 1. The summed E-state index contributed by atoms with van der Waals surface area (Å²) in [6.07, 6.45) is 6.78. The van der Waals surface area contributed by atoms with Gasteiger partial charge in [-0.25, -0.2) is 24.9 Å². The van der Waals surface area contributed by atoms with Crippen LogP contribution in [0.5, 0.6) is 0 Å². The Kier molecular flexibility index (Phi) is 4.18. The number of hydrogen-bond donors (Lipinski definition) is 0. The number of nitrogens with zero attached hydrogens (tertiary/aromatic N) is 7. The van der Waals surface area contributed by atoms with E-state index in [4.69, 9.17) is 4.74 Å². The number of fused-ring (bicyclic) bond motifs is 3. The van der Waals surface area contributed by atoms with E-state index in [9.17, 15) is 0 Å². The van der Waals surface area contributed by atoms with Crippen molar-refractivity contribution in [1.29, 1.82) is 0 Å². The summed E-state index contributed by atoms with van der Waals surface area (Å²) in [5.41, 5.74) is 4.80. The van der Waals surface area contributed by atoms with Crippen LogP contribution in [0, 0.1) is 6.92 Å². The highest BCUT2D eigenvalue weighted by Gasteiger charge is 2.25. The lowest BCUT2D eigenvalue weighted by Crippen LogP contribution is -2.24. The maximum absolute atomic E-state index is 5.43. The summed E-state index contributed by atoms with van der Waals surface area (Å²) < 4.78 is 7.51. The van der Waals surface area contributed by atoms with E-state index >= 15 is 0 Å². The summed E-state index contributed by atoms with van der Waals surface area (Å²) in [6, 6.07) is 6.42. The second-order valence-corrected chi connectivity index (χ2v) is 7.47. The number of hydrogen-bond acceptors (Lipinski definition) is 8. The molecule has 0 bridgehead atoms. The third kappa shape index (κ3) is 2.79. The first-order valence-corrected chi connectivity index (χ1v) is 9.57. The standard InChI is InChI=1S/C19H17N7OS/c1-12-16-17(23-9-22-12)24-10-25(16)8-13-3-4-15-14(7-13)26(11-27-2)18-19(28-15)21-6-5-20-18/h3-7,9-10H,8,11H2,1-2H3. The average Bonchev–Trinajstić information content (AvgIpc) is 3.12. The van der Waals surface area contributed by atoms with Crippen molar-refractivity contribution in [3.8, 4) is 0 Å². The van der Waals surface area contributed by atoms with Crippen molar-refractivity contribution in [2.24, 2.45) is 0 Å². The molecule has 0 radical (unpaired) electrons. The molecule has 140 valence electrons. The van der Waals surface area contributed by atoms with Gasteiger partial charge in [0.1, 0.15) is 23.6 Å². The molecule has 1 aromatic carbocycles. The Morgan fingerprint density at radius 3 is 2.86 bits per heavy atom. The van der Waals surface area contributed by atoms with Gasteiger partial charge < -0.3 is 9.30 Å². The highest BCUT2D eigenvalue weighted by atomic mass is 32.2. The molecule has 8 nitrogen and oxygen atoms in total. The molecule has 0 saturated heterocycles. The maximum Gasteiger partial charge on any atom is 0.181 e. The Morgan fingerprint density at radius 1 is 1.07 bits per heavy atom. The molecule has 5 rings (SSSR count). The minimum Gasteiger partial charge on any atom is -0.364 e. The topological polar surface area (TPSA) is 81.9 Å². The third-order valence-electron chi connectivity index (χ3n) is 4.63. The molecule has 28 heavy (non-hydrogen) atoms. The first-order chi connectivity index (χ1) is 13.7. The van der Waals surface area contributed by atoms with E-state index in [1.54, 1.807) is 37.6 Å². The van der Waals surface area contributed by atoms with Crippen LogP contribution in [0.2, 0.25) is 0 Å². The molecular weight excluding hydrogens is 374 g/mol. The predicted molar refractivity (Wildman–Crippen MR) is 106 cm³/mol. The van der Waals surface area contributed by atoms with Gasteiger partial charge in [-0.2, -0.15) is 0 Å². The molecule has 0 fully saturated rings. The molecule has 1 aliphatic heterocycles. The number of imidazole rings is 1. The highest BCUT2D eigenvalue weighted by molar-refractivity contribution is 7.99. The summed E-state index contributed by atoms with van der Waals surface area (Å²) in [5.74, 6) is 0.816. The van der Waals surface area contributed by atoms with Gasteiger partial charge in [-0.15, -0.1) is 0 Å². The molecular formula is C19H17N7OS. The van der Waals surface area contributed by atoms with Crippen LogP contribution in [0.1, 0.15) is 11.3 Å². The lowest BCUT2D eigenvalue weighted by atomic mass is 10.1. The minimum atomic E-state index is 0.406. The molecule has 3 aromatic heterocycles. The molecule has 1 aliphatic rings. The Bertz CT molecular complexity index is 1180. The van der Waals surface area contributed by atoms with Gasteiger partial charge in [-0.1, -0.05) is 17.8 Å². The zero-order valence-corrected chi connectivity index (χ0v) is 16.2. The van der Waals surface area contributed by atoms with Gasteiger partial charge in [-0.05, 0) is 24.6 Å². The summed E-state index contributed by atoms with van der Waals surface area (Å²) in [5, 5.41) is 0.883. The lowest BCUT2D eigenvalue weighted by Gasteiger charge is -2.30. The summed E-state index contributed by atoms with van der Waals surface area (Å²) in [6.45, 7) is 3.06. The van der Waals surface area contributed by atoms with Crippen LogP contribution in [-0.4, -0.2) is 43.3 Å². The molecule has 0 spiro atoms. The summed E-state index contributed by atoms with van der Waals surface area (Å²) >= 11 is 1.62. The first kappa shape index (κ1) is 17.1. The SMILES string of the molecule is COCN1c2cc(Cn3cnc4ncnc(C)c43)ccc2Sc2nccnc21. The number of anilines is 2. The van der Waals surface area contributed by atoms with Crippen LogP contribution < -0.4 is 4.90 Å². The largest absolute Gasteiger partial charge is 0.364 e. The molecule has 4 aromatic rings.